The molecule has 0 fully saturated rings. The van der Waals surface area contributed by atoms with E-state index < -0.39 is 0 Å². The van der Waals surface area contributed by atoms with Crippen molar-refractivity contribution >= 4 is 27.4 Å². The Morgan fingerprint density at radius 2 is 1.30 bits per heavy atom. The number of fused-ring (bicyclic) bond motifs is 2. The van der Waals surface area contributed by atoms with Crippen LogP contribution >= 0.6 is 0 Å². The van der Waals surface area contributed by atoms with E-state index in [0.717, 1.165) is 23.9 Å². The van der Waals surface area contributed by atoms with E-state index in [0.29, 0.717) is 0 Å². The molecule has 0 saturated carbocycles. The maximum absolute atomic E-state index is 4.57. The van der Waals surface area contributed by atoms with Gasteiger partial charge in [-0.3, -0.25) is 9.97 Å². The first-order valence-electron chi connectivity index (χ1n) is 10.4. The predicted molar refractivity (Wildman–Crippen MR) is 124 cm³/mol. The second kappa shape index (κ2) is 6.67. The smallest absolute Gasteiger partial charge is 0.0708 e. The van der Waals surface area contributed by atoms with Gasteiger partial charge in [-0.2, -0.15) is 0 Å². The summed E-state index contributed by atoms with van der Waals surface area (Å²) in [4.78, 5) is 12.9. The molecule has 0 amide bonds. The molecule has 0 saturated heterocycles. The number of allylic oxidation sites excluding steroid dienone is 2. The van der Waals surface area contributed by atoms with Crippen LogP contribution in [0.3, 0.4) is 0 Å². The summed E-state index contributed by atoms with van der Waals surface area (Å²) in [7, 11) is 0. The van der Waals surface area contributed by atoms with Gasteiger partial charge >= 0.3 is 0 Å². The summed E-state index contributed by atoms with van der Waals surface area (Å²) < 4.78 is 0. The lowest BCUT2D eigenvalue weighted by Crippen LogP contribution is -1.97. The van der Waals surface area contributed by atoms with E-state index in [2.05, 4.69) is 76.5 Å². The first kappa shape index (κ1) is 17.2. The number of hydrogen-bond acceptors (Lipinski definition) is 2. The number of benzene rings is 2. The molecule has 3 heteroatoms. The molecule has 0 bridgehead atoms. The Kier molecular flexibility index (Phi) is 3.81. The monoisotopic (exact) mass is 387 g/mol. The largest absolute Gasteiger partial charge is 0.354 e. The third-order valence-corrected chi connectivity index (χ3v) is 6.21. The van der Waals surface area contributed by atoms with Crippen molar-refractivity contribution in [2.24, 2.45) is 0 Å². The van der Waals surface area contributed by atoms with Crippen LogP contribution in [-0.4, -0.2) is 15.0 Å². The molecule has 1 aliphatic carbocycles. The predicted octanol–water partition coefficient (Wildman–Crippen LogP) is 6.93. The van der Waals surface area contributed by atoms with E-state index in [1.807, 2.05) is 24.5 Å². The highest BCUT2D eigenvalue weighted by molar-refractivity contribution is 6.01. The minimum atomic E-state index is 1.02. The van der Waals surface area contributed by atoms with Crippen molar-refractivity contribution in [1.29, 1.82) is 0 Å². The molecule has 0 aliphatic heterocycles. The zero-order valence-corrected chi connectivity index (χ0v) is 16.8. The standard InChI is InChI=1S/C27H21N3/c1-17-25(18-7-6-8-18)27(22-14-16-29-24-12-5-3-10-20(22)24)30-26(17)21-13-15-28-23-11-4-2-9-19(21)23/h2-5,7,9-16,30H,6,8H2,1H3. The van der Waals surface area contributed by atoms with Crippen LogP contribution in [-0.2, 0) is 0 Å². The third kappa shape index (κ3) is 2.52. The van der Waals surface area contributed by atoms with Gasteiger partial charge in [-0.1, -0.05) is 42.5 Å². The number of aromatic nitrogens is 3. The lowest BCUT2D eigenvalue weighted by molar-refractivity contribution is 0.987. The van der Waals surface area contributed by atoms with Gasteiger partial charge in [0.05, 0.1) is 22.4 Å². The van der Waals surface area contributed by atoms with Gasteiger partial charge in [-0.15, -0.1) is 0 Å². The second-order valence-corrected chi connectivity index (χ2v) is 7.89. The van der Waals surface area contributed by atoms with E-state index >= 15 is 0 Å². The number of H-pyrrole nitrogens is 1. The Balaban J connectivity index is 1.67. The lowest BCUT2D eigenvalue weighted by Gasteiger charge is -2.17. The maximum atomic E-state index is 4.57. The fraction of sp³-hybridized carbons (Fsp3) is 0.111. The molecule has 30 heavy (non-hydrogen) atoms. The SMILES string of the molecule is Cc1c(-c2ccnc3ccccc23)[nH]c(-c2ccnc3ccccc23)c1C1=CCC1. The molecule has 0 radical (unpaired) electrons. The number of rotatable bonds is 3. The van der Waals surface area contributed by atoms with E-state index in [4.69, 9.17) is 0 Å². The fourth-order valence-corrected chi connectivity index (χ4v) is 4.61. The molecule has 5 aromatic rings. The minimum absolute atomic E-state index is 1.02. The van der Waals surface area contributed by atoms with Crippen LogP contribution in [0.1, 0.15) is 24.0 Å². The van der Waals surface area contributed by atoms with Gasteiger partial charge in [-0.05, 0) is 55.2 Å². The normalized spacial score (nSPS) is 13.4. The average molecular weight is 387 g/mol. The fourth-order valence-electron chi connectivity index (χ4n) is 4.61. The highest BCUT2D eigenvalue weighted by atomic mass is 14.8. The first-order valence-corrected chi connectivity index (χ1v) is 10.4. The average Bonchev–Trinajstić information content (AvgIpc) is 3.08. The molecule has 0 unspecified atom stereocenters. The van der Waals surface area contributed by atoms with E-state index in [1.165, 1.54) is 50.0 Å². The summed E-state index contributed by atoms with van der Waals surface area (Å²) in [5.74, 6) is 0. The zero-order chi connectivity index (χ0) is 20.1. The van der Waals surface area contributed by atoms with Crippen LogP contribution < -0.4 is 0 Å². The minimum Gasteiger partial charge on any atom is -0.354 e. The van der Waals surface area contributed by atoms with Crippen molar-refractivity contribution in [2.75, 3.05) is 0 Å². The number of aromatic amines is 1. The Hall–Kier alpha value is -3.72. The van der Waals surface area contributed by atoms with Crippen molar-refractivity contribution in [1.82, 2.24) is 15.0 Å². The summed E-state index contributed by atoms with van der Waals surface area (Å²) in [6.07, 6.45) is 8.46. The molecule has 3 aromatic heterocycles. The van der Waals surface area contributed by atoms with Gasteiger partial charge in [0, 0.05) is 39.9 Å². The van der Waals surface area contributed by atoms with Crippen LogP contribution in [0.15, 0.2) is 79.1 Å². The molecule has 144 valence electrons. The highest BCUT2D eigenvalue weighted by Gasteiger charge is 2.23. The van der Waals surface area contributed by atoms with Crippen molar-refractivity contribution in [3.63, 3.8) is 0 Å². The van der Waals surface area contributed by atoms with Gasteiger partial charge < -0.3 is 4.98 Å². The molecule has 1 N–H and O–H groups in total. The van der Waals surface area contributed by atoms with Gasteiger partial charge in [0.15, 0.2) is 0 Å². The third-order valence-electron chi connectivity index (χ3n) is 6.21. The Bertz CT molecular complexity index is 1450. The molecule has 0 atom stereocenters. The summed E-state index contributed by atoms with van der Waals surface area (Å²) in [6.45, 7) is 2.24. The number of para-hydroxylation sites is 2. The Morgan fingerprint density at radius 1 is 0.733 bits per heavy atom. The second-order valence-electron chi connectivity index (χ2n) is 7.89. The Labute approximate surface area is 175 Å². The van der Waals surface area contributed by atoms with Crippen LogP contribution in [0.25, 0.3) is 49.9 Å². The van der Waals surface area contributed by atoms with Crippen molar-refractivity contribution in [2.45, 2.75) is 19.8 Å². The number of nitrogens with one attached hydrogen (secondary N) is 1. The quantitative estimate of drug-likeness (QED) is 0.365. The number of pyridine rings is 2. The summed E-state index contributed by atoms with van der Waals surface area (Å²) >= 11 is 0. The molecular weight excluding hydrogens is 366 g/mol. The number of hydrogen-bond donors (Lipinski definition) is 1. The molecule has 0 spiro atoms. The molecule has 3 heterocycles. The van der Waals surface area contributed by atoms with Crippen molar-refractivity contribution in [3.05, 3.63) is 90.3 Å². The zero-order valence-electron chi connectivity index (χ0n) is 16.8. The first-order chi connectivity index (χ1) is 14.8. The topological polar surface area (TPSA) is 41.6 Å². The summed E-state index contributed by atoms with van der Waals surface area (Å²) in [5, 5.41) is 2.35. The molecule has 1 aliphatic rings. The summed E-state index contributed by atoms with van der Waals surface area (Å²) in [6, 6.07) is 21.0. The molecule has 6 rings (SSSR count). The van der Waals surface area contributed by atoms with E-state index in [-0.39, 0.29) is 0 Å². The maximum Gasteiger partial charge on any atom is 0.0708 e. The van der Waals surface area contributed by atoms with Crippen LogP contribution in [0.5, 0.6) is 0 Å². The van der Waals surface area contributed by atoms with Crippen LogP contribution in [0.4, 0.5) is 0 Å². The van der Waals surface area contributed by atoms with Gasteiger partial charge in [-0.25, -0.2) is 0 Å². The molecular formula is C27H21N3. The highest BCUT2D eigenvalue weighted by Crippen LogP contribution is 2.44. The number of nitrogens with zero attached hydrogens (tertiary/aromatic N) is 2. The molecule has 2 aromatic carbocycles. The van der Waals surface area contributed by atoms with Crippen molar-refractivity contribution < 1.29 is 0 Å². The molecule has 3 nitrogen and oxygen atoms in total. The summed E-state index contributed by atoms with van der Waals surface area (Å²) in [5.41, 5.74) is 10.9. The van der Waals surface area contributed by atoms with Gasteiger partial charge in [0.1, 0.15) is 0 Å². The lowest BCUT2D eigenvalue weighted by atomic mass is 9.87. The Morgan fingerprint density at radius 3 is 1.87 bits per heavy atom. The van der Waals surface area contributed by atoms with Gasteiger partial charge in [0.25, 0.3) is 0 Å². The van der Waals surface area contributed by atoms with E-state index in [9.17, 15) is 0 Å². The van der Waals surface area contributed by atoms with Crippen LogP contribution in [0, 0.1) is 6.92 Å². The van der Waals surface area contributed by atoms with Crippen LogP contribution in [0.2, 0.25) is 0 Å². The van der Waals surface area contributed by atoms with Crippen molar-refractivity contribution in [3.8, 4) is 22.5 Å². The van der Waals surface area contributed by atoms with Gasteiger partial charge in [0.2, 0.25) is 0 Å². The van der Waals surface area contributed by atoms with E-state index in [1.54, 1.807) is 0 Å².